The smallest absolute Gasteiger partial charge is 0.273 e. The number of hydrogen-bond donors (Lipinski definition) is 3. The molecule has 4 rings (SSSR count). The van der Waals surface area contributed by atoms with Gasteiger partial charge in [0, 0.05) is 18.8 Å². The molecule has 136 valence electrons. The standard InChI is InChI=1S/C20H18N4O3/c25-15-8-6-14(7-9-15)17-10-18(26)24-19(23-17)16(12-22-24)20(27)21-11-13-4-2-1-3-5-13/h1-8,10,12,15,22,25H,9,11H2,(H,21,27). The van der Waals surface area contributed by atoms with Gasteiger partial charge in [-0.15, -0.1) is 0 Å². The Morgan fingerprint density at radius 1 is 1.33 bits per heavy atom. The number of aliphatic hydroxyl groups is 1. The first-order valence-corrected chi connectivity index (χ1v) is 8.62. The average molecular weight is 362 g/mol. The highest BCUT2D eigenvalue weighted by molar-refractivity contribution is 5.99. The molecule has 27 heavy (non-hydrogen) atoms. The van der Waals surface area contributed by atoms with E-state index in [0.29, 0.717) is 24.2 Å². The fraction of sp³-hybridized carbons (Fsp3) is 0.150. The van der Waals surface area contributed by atoms with E-state index >= 15 is 0 Å². The van der Waals surface area contributed by atoms with Crippen molar-refractivity contribution in [1.82, 2.24) is 19.9 Å². The number of fused-ring (bicyclic) bond motifs is 1. The highest BCUT2D eigenvalue weighted by Crippen LogP contribution is 2.20. The number of amides is 1. The lowest BCUT2D eigenvalue weighted by Gasteiger charge is -2.10. The molecule has 1 aliphatic rings. The van der Waals surface area contributed by atoms with Gasteiger partial charge in [-0.25, -0.2) is 9.50 Å². The third kappa shape index (κ3) is 3.45. The fourth-order valence-corrected chi connectivity index (χ4v) is 2.97. The Hall–Kier alpha value is -3.45. The number of hydrogen-bond acceptors (Lipinski definition) is 4. The SMILES string of the molecule is O=C(NCc1ccccc1)c1c[nH]n2c(=O)cc(C3=CCC(O)C=C3)nc12. The second-order valence-corrected chi connectivity index (χ2v) is 6.32. The zero-order valence-electron chi connectivity index (χ0n) is 14.4. The molecule has 0 aliphatic heterocycles. The minimum absolute atomic E-state index is 0.267. The van der Waals surface area contributed by atoms with Crippen LogP contribution in [0.5, 0.6) is 0 Å². The molecule has 0 bridgehead atoms. The second kappa shape index (κ2) is 7.05. The highest BCUT2D eigenvalue weighted by atomic mass is 16.3. The second-order valence-electron chi connectivity index (χ2n) is 6.32. The first-order valence-electron chi connectivity index (χ1n) is 8.62. The monoisotopic (exact) mass is 362 g/mol. The predicted molar refractivity (Wildman–Crippen MR) is 101 cm³/mol. The number of nitrogens with one attached hydrogen (secondary N) is 2. The lowest BCUT2D eigenvalue weighted by molar-refractivity contribution is 0.0952. The number of carbonyl (C=O) groups excluding carboxylic acids is 1. The van der Waals surface area contributed by atoms with E-state index in [1.807, 2.05) is 36.4 Å². The van der Waals surface area contributed by atoms with Crippen LogP contribution in [0.2, 0.25) is 0 Å². The zero-order chi connectivity index (χ0) is 18.8. The van der Waals surface area contributed by atoms with E-state index in [2.05, 4.69) is 15.4 Å². The van der Waals surface area contributed by atoms with E-state index < -0.39 is 6.10 Å². The molecule has 0 spiro atoms. The molecule has 0 fully saturated rings. The Morgan fingerprint density at radius 2 is 2.15 bits per heavy atom. The lowest BCUT2D eigenvalue weighted by Crippen LogP contribution is -2.23. The molecule has 0 radical (unpaired) electrons. The normalized spacial score (nSPS) is 16.3. The molecule has 2 aromatic heterocycles. The van der Waals surface area contributed by atoms with E-state index in [1.165, 1.54) is 16.8 Å². The van der Waals surface area contributed by atoms with Gasteiger partial charge in [0.25, 0.3) is 11.5 Å². The number of aromatic nitrogens is 3. The van der Waals surface area contributed by atoms with E-state index in [-0.39, 0.29) is 17.1 Å². The summed E-state index contributed by atoms with van der Waals surface area (Å²) in [6.45, 7) is 0.382. The zero-order valence-corrected chi connectivity index (χ0v) is 14.4. The van der Waals surface area contributed by atoms with Crippen LogP contribution in [-0.2, 0) is 6.54 Å². The minimum atomic E-state index is -0.523. The molecular weight excluding hydrogens is 344 g/mol. The number of aliphatic hydroxyl groups excluding tert-OH is 1. The summed E-state index contributed by atoms with van der Waals surface area (Å²) in [5.41, 5.74) is 2.45. The maximum atomic E-state index is 12.6. The molecule has 7 heteroatoms. The van der Waals surface area contributed by atoms with Crippen LogP contribution >= 0.6 is 0 Å². The van der Waals surface area contributed by atoms with Crippen molar-refractivity contribution < 1.29 is 9.90 Å². The van der Waals surface area contributed by atoms with Crippen LogP contribution in [-0.4, -0.2) is 31.7 Å². The summed E-state index contributed by atoms with van der Waals surface area (Å²) in [5, 5.41) is 15.2. The molecule has 1 aliphatic carbocycles. The molecule has 7 nitrogen and oxygen atoms in total. The Morgan fingerprint density at radius 3 is 2.89 bits per heavy atom. The van der Waals surface area contributed by atoms with Gasteiger partial charge in [-0.05, 0) is 17.6 Å². The number of nitrogens with zero attached hydrogens (tertiary/aromatic N) is 2. The summed E-state index contributed by atoms with van der Waals surface area (Å²) in [6, 6.07) is 11.0. The van der Waals surface area contributed by atoms with E-state index in [0.717, 1.165) is 11.1 Å². The summed E-state index contributed by atoms with van der Waals surface area (Å²) in [4.78, 5) is 29.5. The number of H-pyrrole nitrogens is 1. The number of allylic oxidation sites excluding steroid dienone is 2. The summed E-state index contributed by atoms with van der Waals surface area (Å²) >= 11 is 0. The van der Waals surface area contributed by atoms with Crippen molar-refractivity contribution in [3.8, 4) is 0 Å². The number of aromatic amines is 1. The first-order chi connectivity index (χ1) is 13.1. The van der Waals surface area contributed by atoms with Gasteiger partial charge in [-0.2, -0.15) is 0 Å². The van der Waals surface area contributed by atoms with Crippen LogP contribution in [0.25, 0.3) is 11.2 Å². The molecule has 2 heterocycles. The quantitative estimate of drug-likeness (QED) is 0.657. The van der Waals surface area contributed by atoms with Crippen LogP contribution in [0, 0.1) is 0 Å². The number of benzene rings is 1. The van der Waals surface area contributed by atoms with Crippen molar-refractivity contribution in [2.24, 2.45) is 0 Å². The van der Waals surface area contributed by atoms with Crippen molar-refractivity contribution in [3.63, 3.8) is 0 Å². The van der Waals surface area contributed by atoms with Crippen LogP contribution in [0.3, 0.4) is 0 Å². The third-order valence-corrected chi connectivity index (χ3v) is 4.41. The van der Waals surface area contributed by atoms with Crippen molar-refractivity contribution in [1.29, 1.82) is 0 Å². The summed E-state index contributed by atoms with van der Waals surface area (Å²) in [6.07, 6.45) is 6.63. The Balaban J connectivity index is 1.64. The molecule has 3 aromatic rings. The van der Waals surface area contributed by atoms with E-state index in [4.69, 9.17) is 0 Å². The molecule has 1 unspecified atom stereocenters. The largest absolute Gasteiger partial charge is 0.389 e. The summed E-state index contributed by atoms with van der Waals surface area (Å²) < 4.78 is 1.24. The first kappa shape index (κ1) is 17.0. The van der Waals surface area contributed by atoms with Crippen molar-refractivity contribution in [3.05, 3.63) is 88.0 Å². The highest BCUT2D eigenvalue weighted by Gasteiger charge is 2.17. The third-order valence-electron chi connectivity index (χ3n) is 4.41. The van der Waals surface area contributed by atoms with Crippen LogP contribution in [0.4, 0.5) is 0 Å². The topological polar surface area (TPSA) is 99.5 Å². The van der Waals surface area contributed by atoms with Crippen LogP contribution in [0.15, 0.2) is 65.6 Å². The van der Waals surface area contributed by atoms with Gasteiger partial charge in [0.2, 0.25) is 0 Å². The fourth-order valence-electron chi connectivity index (χ4n) is 2.97. The van der Waals surface area contributed by atoms with Crippen LogP contribution < -0.4 is 10.9 Å². The Kier molecular flexibility index (Phi) is 4.43. The summed E-state index contributed by atoms with van der Waals surface area (Å²) in [7, 11) is 0. The van der Waals surface area contributed by atoms with Gasteiger partial charge >= 0.3 is 0 Å². The van der Waals surface area contributed by atoms with Gasteiger partial charge in [0.1, 0.15) is 5.56 Å². The van der Waals surface area contributed by atoms with Crippen molar-refractivity contribution in [2.75, 3.05) is 0 Å². The number of rotatable bonds is 4. The molecular formula is C20H18N4O3. The van der Waals surface area contributed by atoms with Gasteiger partial charge < -0.3 is 10.4 Å². The lowest BCUT2D eigenvalue weighted by atomic mass is 10.0. The van der Waals surface area contributed by atoms with Gasteiger partial charge in [-0.1, -0.05) is 48.6 Å². The Labute approximate surface area is 154 Å². The maximum absolute atomic E-state index is 12.6. The average Bonchev–Trinajstić information content (AvgIpc) is 3.12. The summed E-state index contributed by atoms with van der Waals surface area (Å²) in [5.74, 6) is -0.315. The van der Waals surface area contributed by atoms with Crippen molar-refractivity contribution in [2.45, 2.75) is 19.1 Å². The van der Waals surface area contributed by atoms with Gasteiger partial charge in [0.05, 0.1) is 11.8 Å². The molecule has 0 saturated carbocycles. The molecule has 1 atom stereocenters. The predicted octanol–water partition coefficient (Wildman–Crippen LogP) is 1.66. The molecule has 1 aromatic carbocycles. The molecule has 0 saturated heterocycles. The van der Waals surface area contributed by atoms with Crippen molar-refractivity contribution >= 4 is 17.1 Å². The van der Waals surface area contributed by atoms with Crippen LogP contribution in [0.1, 0.15) is 28.0 Å². The molecule has 1 amide bonds. The molecule has 3 N–H and O–H groups in total. The number of carbonyl (C=O) groups is 1. The Bertz CT molecular complexity index is 1110. The van der Waals surface area contributed by atoms with E-state index in [9.17, 15) is 14.7 Å². The minimum Gasteiger partial charge on any atom is -0.389 e. The van der Waals surface area contributed by atoms with Gasteiger partial charge in [0.15, 0.2) is 5.65 Å². The van der Waals surface area contributed by atoms with E-state index in [1.54, 1.807) is 12.2 Å². The maximum Gasteiger partial charge on any atom is 0.273 e. The van der Waals surface area contributed by atoms with Gasteiger partial charge in [-0.3, -0.25) is 14.7 Å².